The molecule has 0 radical (unpaired) electrons. The van der Waals surface area contributed by atoms with Crippen LogP contribution in [0, 0.1) is 0 Å². The van der Waals surface area contributed by atoms with E-state index in [1.54, 1.807) is 23.1 Å². The molecule has 0 saturated heterocycles. The summed E-state index contributed by atoms with van der Waals surface area (Å²) in [4.78, 5) is 27.6. The summed E-state index contributed by atoms with van der Waals surface area (Å²) in [6.07, 6.45) is 5.03. The lowest BCUT2D eigenvalue weighted by molar-refractivity contribution is -0.139. The van der Waals surface area contributed by atoms with E-state index < -0.39 is 12.0 Å². The largest absolute Gasteiger partial charge is 0.480 e. The highest BCUT2D eigenvalue weighted by Crippen LogP contribution is 2.11. The Balaban J connectivity index is 2.13. The standard InChI is InChI=1S/C16H20N4O3/c1-2-3-8-14(16(22)23)19-15(21)13-7-5-4-6-12(13)9-20-11-17-10-18-20/h4-7,10-11,14H,2-3,8-9H2,1H3,(H,19,21)(H,22,23). The first-order chi connectivity index (χ1) is 11.1. The molecule has 2 aromatic rings. The summed E-state index contributed by atoms with van der Waals surface area (Å²) in [5.74, 6) is -1.40. The number of carbonyl (C=O) groups is 2. The van der Waals surface area contributed by atoms with Gasteiger partial charge in [-0.05, 0) is 18.1 Å². The van der Waals surface area contributed by atoms with Crippen molar-refractivity contribution in [1.29, 1.82) is 0 Å². The van der Waals surface area contributed by atoms with Gasteiger partial charge in [-0.15, -0.1) is 0 Å². The number of unbranched alkanes of at least 4 members (excludes halogenated alkanes) is 1. The van der Waals surface area contributed by atoms with E-state index in [1.807, 2.05) is 19.1 Å². The van der Waals surface area contributed by atoms with Crippen LogP contribution in [0.5, 0.6) is 0 Å². The van der Waals surface area contributed by atoms with Crippen molar-refractivity contribution in [3.05, 3.63) is 48.0 Å². The number of hydrogen-bond donors (Lipinski definition) is 2. The van der Waals surface area contributed by atoms with Gasteiger partial charge in [0.05, 0.1) is 6.54 Å². The normalized spacial score (nSPS) is 11.9. The zero-order valence-corrected chi connectivity index (χ0v) is 13.0. The summed E-state index contributed by atoms with van der Waals surface area (Å²) in [6.45, 7) is 2.38. The van der Waals surface area contributed by atoms with Crippen LogP contribution < -0.4 is 5.32 Å². The number of benzene rings is 1. The maximum atomic E-state index is 12.5. The van der Waals surface area contributed by atoms with Gasteiger partial charge in [0.1, 0.15) is 18.7 Å². The first-order valence-electron chi connectivity index (χ1n) is 7.55. The molecule has 7 heteroatoms. The van der Waals surface area contributed by atoms with E-state index in [-0.39, 0.29) is 5.91 Å². The second kappa shape index (κ2) is 8.07. The molecule has 0 aliphatic heterocycles. The van der Waals surface area contributed by atoms with Gasteiger partial charge >= 0.3 is 5.97 Å². The average molecular weight is 316 g/mol. The summed E-state index contributed by atoms with van der Waals surface area (Å²) in [7, 11) is 0. The van der Waals surface area contributed by atoms with Crippen LogP contribution in [0.2, 0.25) is 0 Å². The Bertz CT molecular complexity index is 655. The fourth-order valence-corrected chi connectivity index (χ4v) is 2.27. The molecule has 2 rings (SSSR count). The van der Waals surface area contributed by atoms with Crippen molar-refractivity contribution < 1.29 is 14.7 Å². The summed E-state index contributed by atoms with van der Waals surface area (Å²) < 4.78 is 1.61. The van der Waals surface area contributed by atoms with E-state index in [9.17, 15) is 14.7 Å². The first-order valence-corrected chi connectivity index (χ1v) is 7.55. The number of nitrogens with one attached hydrogen (secondary N) is 1. The van der Waals surface area contributed by atoms with E-state index in [0.717, 1.165) is 18.4 Å². The molecule has 1 amide bonds. The molecule has 0 aliphatic carbocycles. The van der Waals surface area contributed by atoms with Gasteiger partial charge in [-0.1, -0.05) is 38.0 Å². The van der Waals surface area contributed by atoms with Crippen LogP contribution in [0.15, 0.2) is 36.9 Å². The molecular formula is C16H20N4O3. The highest BCUT2D eigenvalue weighted by Gasteiger charge is 2.21. The fourth-order valence-electron chi connectivity index (χ4n) is 2.27. The van der Waals surface area contributed by atoms with Gasteiger partial charge < -0.3 is 10.4 Å². The minimum Gasteiger partial charge on any atom is -0.480 e. The molecule has 0 saturated carbocycles. The highest BCUT2D eigenvalue weighted by molar-refractivity contribution is 5.97. The number of carboxylic acids is 1. The molecule has 1 aromatic carbocycles. The maximum absolute atomic E-state index is 12.5. The van der Waals surface area contributed by atoms with Crippen LogP contribution in [0.3, 0.4) is 0 Å². The van der Waals surface area contributed by atoms with Gasteiger partial charge in [0, 0.05) is 5.56 Å². The lowest BCUT2D eigenvalue weighted by Crippen LogP contribution is -2.41. The third kappa shape index (κ3) is 4.64. The number of amides is 1. The first kappa shape index (κ1) is 16.7. The van der Waals surface area contributed by atoms with Gasteiger partial charge in [0.2, 0.25) is 0 Å². The van der Waals surface area contributed by atoms with Crippen molar-refractivity contribution in [3.63, 3.8) is 0 Å². The lowest BCUT2D eigenvalue weighted by atomic mass is 10.1. The Kier molecular flexibility index (Phi) is 5.85. The van der Waals surface area contributed by atoms with E-state index >= 15 is 0 Å². The maximum Gasteiger partial charge on any atom is 0.326 e. The van der Waals surface area contributed by atoms with Crippen molar-refractivity contribution >= 4 is 11.9 Å². The molecule has 7 nitrogen and oxygen atoms in total. The summed E-state index contributed by atoms with van der Waals surface area (Å²) in [6, 6.07) is 6.21. The van der Waals surface area contributed by atoms with Gasteiger partial charge in [0.25, 0.3) is 5.91 Å². The smallest absolute Gasteiger partial charge is 0.326 e. The predicted molar refractivity (Wildman–Crippen MR) is 84.0 cm³/mol. The predicted octanol–water partition coefficient (Wildman–Crippen LogP) is 1.70. The Morgan fingerprint density at radius 2 is 2.13 bits per heavy atom. The molecule has 1 heterocycles. The SMILES string of the molecule is CCCCC(NC(=O)c1ccccc1Cn1cncn1)C(=O)O. The molecule has 1 unspecified atom stereocenters. The molecular weight excluding hydrogens is 296 g/mol. The van der Waals surface area contributed by atoms with E-state index in [4.69, 9.17) is 0 Å². The number of nitrogens with zero attached hydrogens (tertiary/aromatic N) is 3. The lowest BCUT2D eigenvalue weighted by Gasteiger charge is -2.16. The summed E-state index contributed by atoms with van der Waals surface area (Å²) in [5, 5.41) is 15.9. The highest BCUT2D eigenvalue weighted by atomic mass is 16.4. The van der Waals surface area contributed by atoms with Crippen LogP contribution in [-0.4, -0.2) is 37.8 Å². The Morgan fingerprint density at radius 1 is 1.35 bits per heavy atom. The number of hydrogen-bond acceptors (Lipinski definition) is 4. The zero-order valence-electron chi connectivity index (χ0n) is 13.0. The van der Waals surface area contributed by atoms with E-state index in [1.165, 1.54) is 6.33 Å². The number of carbonyl (C=O) groups excluding carboxylic acids is 1. The van der Waals surface area contributed by atoms with Gasteiger partial charge in [-0.25, -0.2) is 14.5 Å². The Hall–Kier alpha value is -2.70. The summed E-state index contributed by atoms with van der Waals surface area (Å²) >= 11 is 0. The average Bonchev–Trinajstić information content (AvgIpc) is 3.04. The second-order valence-electron chi connectivity index (χ2n) is 5.26. The van der Waals surface area contributed by atoms with E-state index in [0.29, 0.717) is 18.5 Å². The Morgan fingerprint density at radius 3 is 2.78 bits per heavy atom. The van der Waals surface area contributed by atoms with E-state index in [2.05, 4.69) is 15.4 Å². The number of aliphatic carboxylic acids is 1. The molecule has 1 aromatic heterocycles. The Labute approximate surface area is 134 Å². The van der Waals surface area contributed by atoms with Crippen LogP contribution in [0.25, 0.3) is 0 Å². The molecule has 0 spiro atoms. The molecule has 1 atom stereocenters. The zero-order chi connectivity index (χ0) is 16.7. The molecule has 0 bridgehead atoms. The molecule has 0 aliphatic rings. The van der Waals surface area contributed by atoms with Gasteiger partial charge in [-0.3, -0.25) is 4.79 Å². The topological polar surface area (TPSA) is 97.1 Å². The quantitative estimate of drug-likeness (QED) is 0.772. The van der Waals surface area contributed by atoms with Crippen molar-refractivity contribution in [3.8, 4) is 0 Å². The monoisotopic (exact) mass is 316 g/mol. The van der Waals surface area contributed by atoms with Crippen molar-refractivity contribution in [2.45, 2.75) is 38.8 Å². The molecule has 23 heavy (non-hydrogen) atoms. The molecule has 0 fully saturated rings. The third-order valence-electron chi connectivity index (χ3n) is 3.51. The van der Waals surface area contributed by atoms with Crippen LogP contribution >= 0.6 is 0 Å². The number of aromatic nitrogens is 3. The van der Waals surface area contributed by atoms with Crippen molar-refractivity contribution in [2.75, 3.05) is 0 Å². The molecule has 2 N–H and O–H groups in total. The van der Waals surface area contributed by atoms with Crippen LogP contribution in [-0.2, 0) is 11.3 Å². The van der Waals surface area contributed by atoms with Gasteiger partial charge in [-0.2, -0.15) is 5.10 Å². The third-order valence-corrected chi connectivity index (χ3v) is 3.51. The second-order valence-corrected chi connectivity index (χ2v) is 5.26. The van der Waals surface area contributed by atoms with Crippen LogP contribution in [0.1, 0.15) is 42.1 Å². The minimum absolute atomic E-state index is 0.385. The fraction of sp³-hybridized carbons (Fsp3) is 0.375. The van der Waals surface area contributed by atoms with Crippen LogP contribution in [0.4, 0.5) is 0 Å². The van der Waals surface area contributed by atoms with Gasteiger partial charge in [0.15, 0.2) is 0 Å². The van der Waals surface area contributed by atoms with Crippen molar-refractivity contribution in [2.24, 2.45) is 0 Å². The summed E-state index contributed by atoms with van der Waals surface area (Å²) in [5.41, 5.74) is 1.21. The van der Waals surface area contributed by atoms with Crippen molar-refractivity contribution in [1.82, 2.24) is 20.1 Å². The molecule has 122 valence electrons. The minimum atomic E-state index is -1.01. The number of carboxylic acid groups (broad SMARTS) is 1. The number of rotatable bonds is 8.